The summed E-state index contributed by atoms with van der Waals surface area (Å²) in [6, 6.07) is 12.2. The number of methoxy groups -OCH3 is 4. The molecule has 0 saturated heterocycles. The first-order valence-corrected chi connectivity index (χ1v) is 11.0. The molecule has 1 unspecified atom stereocenters. The summed E-state index contributed by atoms with van der Waals surface area (Å²) in [6.07, 6.45) is 0.917. The number of nitrogens with zero attached hydrogens (tertiary/aromatic N) is 2. The van der Waals surface area contributed by atoms with E-state index in [0.717, 1.165) is 36.6 Å². The van der Waals surface area contributed by atoms with Crippen molar-refractivity contribution in [1.29, 1.82) is 5.26 Å². The Morgan fingerprint density at radius 2 is 1.52 bits per heavy atom. The second kappa shape index (κ2) is 10.5. The molecule has 33 heavy (non-hydrogen) atoms. The van der Waals surface area contributed by atoms with Gasteiger partial charge in [0.1, 0.15) is 5.41 Å². The molecule has 1 heterocycles. The normalized spacial score (nSPS) is 14.8. The number of nitriles is 1. The zero-order valence-electron chi connectivity index (χ0n) is 20.3. The summed E-state index contributed by atoms with van der Waals surface area (Å²) in [7, 11) is 6.50. The summed E-state index contributed by atoms with van der Waals surface area (Å²) >= 11 is 0. The molecular formula is C27H32N2O4. The van der Waals surface area contributed by atoms with Crippen molar-refractivity contribution < 1.29 is 18.9 Å². The molecule has 0 spiro atoms. The predicted octanol–water partition coefficient (Wildman–Crippen LogP) is 4.20. The van der Waals surface area contributed by atoms with E-state index < -0.39 is 5.41 Å². The largest absolute Gasteiger partial charge is 0.493 e. The first kappa shape index (κ1) is 24.3. The van der Waals surface area contributed by atoms with Crippen molar-refractivity contribution >= 4 is 0 Å². The first-order valence-electron chi connectivity index (χ1n) is 11.0. The molecule has 6 nitrogen and oxygen atoms in total. The summed E-state index contributed by atoms with van der Waals surface area (Å²) in [5.74, 6) is 9.32. The predicted molar refractivity (Wildman–Crippen MR) is 128 cm³/mol. The zero-order chi connectivity index (χ0) is 24.0. The van der Waals surface area contributed by atoms with Crippen molar-refractivity contribution in [1.82, 2.24) is 4.90 Å². The Kier molecular flexibility index (Phi) is 7.74. The van der Waals surface area contributed by atoms with Crippen LogP contribution in [-0.4, -0.2) is 46.4 Å². The monoisotopic (exact) mass is 448 g/mol. The van der Waals surface area contributed by atoms with Gasteiger partial charge in [0, 0.05) is 13.1 Å². The number of hydrogen-bond acceptors (Lipinski definition) is 6. The topological polar surface area (TPSA) is 64.0 Å². The second-order valence-electron chi connectivity index (χ2n) is 8.38. The molecule has 0 fully saturated rings. The van der Waals surface area contributed by atoms with Crippen LogP contribution in [0.2, 0.25) is 0 Å². The molecule has 0 amide bonds. The van der Waals surface area contributed by atoms with Gasteiger partial charge in [0.25, 0.3) is 0 Å². The maximum atomic E-state index is 10.2. The molecule has 174 valence electrons. The molecule has 6 heteroatoms. The van der Waals surface area contributed by atoms with Gasteiger partial charge in [-0.2, -0.15) is 5.26 Å². The molecule has 2 aromatic carbocycles. The SMILES string of the molecule is COc1ccc(C(C#N)(C#CCN2CCc3cc(OC)c(OC)cc3C2)C(C)C)cc1OC. The van der Waals surface area contributed by atoms with Gasteiger partial charge in [-0.25, -0.2) is 0 Å². The molecule has 1 atom stereocenters. The Bertz CT molecular complexity index is 1090. The molecule has 3 rings (SSSR count). The Labute approximate surface area is 197 Å². The molecule has 1 aliphatic heterocycles. The minimum Gasteiger partial charge on any atom is -0.493 e. The van der Waals surface area contributed by atoms with Crippen molar-refractivity contribution in [2.45, 2.75) is 32.2 Å². The number of hydrogen-bond donors (Lipinski definition) is 0. The minimum absolute atomic E-state index is 0.00749. The summed E-state index contributed by atoms with van der Waals surface area (Å²) in [5.41, 5.74) is 2.36. The van der Waals surface area contributed by atoms with Gasteiger partial charge in [-0.05, 0) is 53.3 Å². The van der Waals surface area contributed by atoms with Crippen LogP contribution < -0.4 is 18.9 Å². The van der Waals surface area contributed by atoms with E-state index in [1.807, 2.05) is 38.1 Å². The van der Waals surface area contributed by atoms with E-state index >= 15 is 0 Å². The van der Waals surface area contributed by atoms with E-state index in [1.54, 1.807) is 28.4 Å². The van der Waals surface area contributed by atoms with Crippen LogP contribution in [0.5, 0.6) is 23.0 Å². The zero-order valence-corrected chi connectivity index (χ0v) is 20.3. The molecule has 0 bridgehead atoms. The number of fused-ring (bicyclic) bond motifs is 1. The van der Waals surface area contributed by atoms with Gasteiger partial charge in [0.2, 0.25) is 0 Å². The van der Waals surface area contributed by atoms with Crippen molar-refractivity contribution in [3.63, 3.8) is 0 Å². The lowest BCUT2D eigenvalue weighted by Crippen LogP contribution is -2.32. The maximum Gasteiger partial charge on any atom is 0.161 e. The third-order valence-electron chi connectivity index (χ3n) is 6.27. The van der Waals surface area contributed by atoms with Crippen LogP contribution in [0.25, 0.3) is 0 Å². The summed E-state index contributed by atoms with van der Waals surface area (Å²) in [5, 5.41) is 10.2. The smallest absolute Gasteiger partial charge is 0.161 e. The van der Waals surface area contributed by atoms with Gasteiger partial charge in [-0.1, -0.05) is 31.8 Å². The van der Waals surface area contributed by atoms with Crippen LogP contribution in [0, 0.1) is 29.1 Å². The van der Waals surface area contributed by atoms with Gasteiger partial charge in [0.05, 0.1) is 41.1 Å². The van der Waals surface area contributed by atoms with Gasteiger partial charge >= 0.3 is 0 Å². The highest BCUT2D eigenvalue weighted by molar-refractivity contribution is 5.52. The lowest BCUT2D eigenvalue weighted by Gasteiger charge is -2.29. The number of rotatable bonds is 7. The summed E-state index contributed by atoms with van der Waals surface area (Å²) in [6.45, 7) is 6.30. The molecule has 0 N–H and O–H groups in total. The minimum atomic E-state index is -0.941. The lowest BCUT2D eigenvalue weighted by atomic mass is 9.73. The fourth-order valence-electron chi connectivity index (χ4n) is 4.22. The third kappa shape index (κ3) is 4.87. The third-order valence-corrected chi connectivity index (χ3v) is 6.27. The molecule has 0 aliphatic carbocycles. The van der Waals surface area contributed by atoms with Crippen molar-refractivity contribution in [2.75, 3.05) is 41.5 Å². The molecule has 0 aromatic heterocycles. The van der Waals surface area contributed by atoms with Gasteiger partial charge in [0.15, 0.2) is 23.0 Å². The van der Waals surface area contributed by atoms with Crippen LogP contribution in [0.4, 0.5) is 0 Å². The van der Waals surface area contributed by atoms with E-state index in [0.29, 0.717) is 18.0 Å². The van der Waals surface area contributed by atoms with E-state index in [-0.39, 0.29) is 5.92 Å². The van der Waals surface area contributed by atoms with Crippen LogP contribution >= 0.6 is 0 Å². The van der Waals surface area contributed by atoms with Gasteiger partial charge in [-0.3, -0.25) is 4.90 Å². The molecular weight excluding hydrogens is 416 g/mol. The Balaban J connectivity index is 1.84. The first-order chi connectivity index (χ1) is 15.9. The highest BCUT2D eigenvalue weighted by Gasteiger charge is 2.35. The van der Waals surface area contributed by atoms with Crippen LogP contribution in [0.1, 0.15) is 30.5 Å². The van der Waals surface area contributed by atoms with Crippen molar-refractivity contribution in [2.24, 2.45) is 5.92 Å². The molecule has 1 aliphatic rings. The standard InChI is InChI=1S/C27H32N2O4/c1-19(2)27(18-28,22-8-9-23(30-3)26(16-22)33-6)11-7-12-29-13-10-20-14-24(31-4)25(32-5)15-21(20)17-29/h8-9,14-16,19H,10,12-13,17H2,1-6H3. The number of ether oxygens (including phenoxy) is 4. The molecule has 0 radical (unpaired) electrons. The fourth-order valence-corrected chi connectivity index (χ4v) is 4.22. The van der Waals surface area contributed by atoms with E-state index in [4.69, 9.17) is 18.9 Å². The summed E-state index contributed by atoms with van der Waals surface area (Å²) < 4.78 is 21.7. The molecule has 2 aromatic rings. The average Bonchev–Trinajstić information content (AvgIpc) is 2.85. The fraction of sp³-hybridized carbons (Fsp3) is 0.444. The highest BCUT2D eigenvalue weighted by atomic mass is 16.5. The Morgan fingerprint density at radius 3 is 2.09 bits per heavy atom. The van der Waals surface area contributed by atoms with Crippen LogP contribution in [0.15, 0.2) is 30.3 Å². The van der Waals surface area contributed by atoms with E-state index in [1.165, 1.54) is 11.1 Å². The highest BCUT2D eigenvalue weighted by Crippen LogP contribution is 2.37. The van der Waals surface area contributed by atoms with Crippen LogP contribution in [-0.2, 0) is 18.4 Å². The summed E-state index contributed by atoms with van der Waals surface area (Å²) in [4.78, 5) is 2.29. The Morgan fingerprint density at radius 1 is 0.909 bits per heavy atom. The lowest BCUT2D eigenvalue weighted by molar-refractivity contribution is 0.283. The molecule has 0 saturated carbocycles. The maximum absolute atomic E-state index is 10.2. The number of benzene rings is 2. The van der Waals surface area contributed by atoms with E-state index in [2.05, 4.69) is 28.9 Å². The van der Waals surface area contributed by atoms with Gasteiger partial charge in [-0.15, -0.1) is 0 Å². The van der Waals surface area contributed by atoms with Gasteiger partial charge < -0.3 is 18.9 Å². The second-order valence-corrected chi connectivity index (χ2v) is 8.38. The van der Waals surface area contributed by atoms with Crippen LogP contribution in [0.3, 0.4) is 0 Å². The van der Waals surface area contributed by atoms with Crippen molar-refractivity contribution in [3.8, 4) is 40.9 Å². The quantitative estimate of drug-likeness (QED) is 0.592. The average molecular weight is 449 g/mol. The van der Waals surface area contributed by atoms with E-state index in [9.17, 15) is 5.26 Å². The Hall–Kier alpha value is -3.35. The van der Waals surface area contributed by atoms with Crippen molar-refractivity contribution in [3.05, 3.63) is 47.0 Å².